The Balaban J connectivity index is 1.88. The van der Waals surface area contributed by atoms with Crippen molar-refractivity contribution in [2.24, 2.45) is 0 Å². The minimum Gasteiger partial charge on any atom is -0.515 e. The number of rotatable bonds is 4. The third-order valence-corrected chi connectivity index (χ3v) is 5.62. The van der Waals surface area contributed by atoms with Crippen LogP contribution >= 0.6 is 0 Å². The standard InChI is InChI=1S/C26H22O4/c1-2-16(12-17-8-4-3-5-9-17)13-20-22(15-27)23(28)14-21-24(20)26(30)19-11-7-6-10-18(19)25(21)29/h3-12,14-15,23,27-28H,2,13H2,1H3. The molecule has 2 aromatic rings. The van der Waals surface area contributed by atoms with Crippen LogP contribution in [0.25, 0.3) is 6.08 Å². The molecule has 0 spiro atoms. The first-order valence-corrected chi connectivity index (χ1v) is 9.96. The number of hydrogen-bond acceptors (Lipinski definition) is 4. The molecule has 0 saturated heterocycles. The molecule has 150 valence electrons. The number of hydrogen-bond donors (Lipinski definition) is 2. The van der Waals surface area contributed by atoms with Gasteiger partial charge in [-0.3, -0.25) is 9.59 Å². The van der Waals surface area contributed by atoms with E-state index in [0.717, 1.165) is 23.8 Å². The van der Waals surface area contributed by atoms with Crippen molar-refractivity contribution in [3.63, 3.8) is 0 Å². The maximum Gasteiger partial charge on any atom is 0.194 e. The Morgan fingerprint density at radius 3 is 2.23 bits per heavy atom. The van der Waals surface area contributed by atoms with Crippen molar-refractivity contribution in [3.05, 3.63) is 111 Å². The molecule has 2 aromatic carbocycles. The molecule has 0 radical (unpaired) electrons. The van der Waals surface area contributed by atoms with E-state index in [9.17, 15) is 19.8 Å². The highest BCUT2D eigenvalue weighted by Gasteiger charge is 2.38. The topological polar surface area (TPSA) is 74.6 Å². The molecule has 4 heteroatoms. The third-order valence-electron chi connectivity index (χ3n) is 5.62. The maximum atomic E-state index is 13.3. The van der Waals surface area contributed by atoms with Gasteiger partial charge in [0.25, 0.3) is 0 Å². The fourth-order valence-corrected chi connectivity index (χ4v) is 4.06. The first-order chi connectivity index (χ1) is 14.5. The van der Waals surface area contributed by atoms with Crippen LogP contribution in [0.15, 0.2) is 94.8 Å². The summed E-state index contributed by atoms with van der Waals surface area (Å²) in [6, 6.07) is 16.5. The number of Topliss-reactive ketones (excluding diaryl/α,β-unsaturated/α-hetero) is 2. The lowest BCUT2D eigenvalue weighted by Gasteiger charge is -2.29. The predicted octanol–water partition coefficient (Wildman–Crippen LogP) is 4.99. The summed E-state index contributed by atoms with van der Waals surface area (Å²) < 4.78 is 0. The summed E-state index contributed by atoms with van der Waals surface area (Å²) in [5, 5.41) is 20.4. The van der Waals surface area contributed by atoms with E-state index in [1.807, 2.05) is 43.3 Å². The van der Waals surface area contributed by atoms with Crippen LogP contribution in [-0.4, -0.2) is 27.9 Å². The van der Waals surface area contributed by atoms with Gasteiger partial charge >= 0.3 is 0 Å². The van der Waals surface area contributed by atoms with E-state index in [4.69, 9.17) is 0 Å². The van der Waals surface area contributed by atoms with Gasteiger partial charge in [0.05, 0.1) is 6.26 Å². The second-order valence-electron chi connectivity index (χ2n) is 7.41. The first kappa shape index (κ1) is 19.8. The molecule has 0 aliphatic heterocycles. The highest BCUT2D eigenvalue weighted by molar-refractivity contribution is 6.31. The summed E-state index contributed by atoms with van der Waals surface area (Å²) in [6.07, 6.45) is 4.16. The van der Waals surface area contributed by atoms with Crippen LogP contribution in [0.4, 0.5) is 0 Å². The normalized spacial score (nSPS) is 20.2. The fourth-order valence-electron chi connectivity index (χ4n) is 4.06. The number of aliphatic hydroxyl groups is 2. The summed E-state index contributed by atoms with van der Waals surface area (Å²) in [7, 11) is 0. The molecule has 0 saturated carbocycles. The Hall–Kier alpha value is -3.50. The lowest BCUT2D eigenvalue weighted by atomic mass is 9.73. The average molecular weight is 398 g/mol. The van der Waals surface area contributed by atoms with Crippen molar-refractivity contribution in [2.45, 2.75) is 25.9 Å². The zero-order valence-corrected chi connectivity index (χ0v) is 16.6. The number of aliphatic hydroxyl groups excluding tert-OH is 2. The monoisotopic (exact) mass is 398 g/mol. The van der Waals surface area contributed by atoms with Crippen LogP contribution < -0.4 is 0 Å². The minimum absolute atomic E-state index is 0.210. The summed E-state index contributed by atoms with van der Waals surface area (Å²) in [4.78, 5) is 26.4. The summed E-state index contributed by atoms with van der Waals surface area (Å²) in [5.41, 5.74) is 3.98. The Kier molecular flexibility index (Phi) is 5.34. The van der Waals surface area contributed by atoms with Crippen molar-refractivity contribution in [1.82, 2.24) is 0 Å². The molecular weight excluding hydrogens is 376 g/mol. The summed E-state index contributed by atoms with van der Waals surface area (Å²) in [6.45, 7) is 2.02. The molecule has 2 aliphatic carbocycles. The summed E-state index contributed by atoms with van der Waals surface area (Å²) >= 11 is 0. The van der Waals surface area contributed by atoms with Crippen molar-refractivity contribution >= 4 is 17.6 Å². The van der Waals surface area contributed by atoms with E-state index in [1.165, 1.54) is 6.08 Å². The Morgan fingerprint density at radius 1 is 0.967 bits per heavy atom. The molecule has 0 fully saturated rings. The van der Waals surface area contributed by atoms with Crippen LogP contribution in [0.2, 0.25) is 0 Å². The van der Waals surface area contributed by atoms with Crippen LogP contribution in [0.1, 0.15) is 46.0 Å². The Morgan fingerprint density at radius 2 is 1.60 bits per heavy atom. The van der Waals surface area contributed by atoms with Crippen molar-refractivity contribution in [2.75, 3.05) is 0 Å². The second-order valence-corrected chi connectivity index (χ2v) is 7.41. The molecule has 4 nitrogen and oxygen atoms in total. The Bertz CT molecular complexity index is 1150. The molecule has 0 bridgehead atoms. The van der Waals surface area contributed by atoms with Gasteiger partial charge in [-0.2, -0.15) is 0 Å². The first-order valence-electron chi connectivity index (χ1n) is 9.96. The van der Waals surface area contributed by atoms with Gasteiger partial charge in [-0.1, -0.05) is 73.2 Å². The largest absolute Gasteiger partial charge is 0.515 e. The lowest BCUT2D eigenvalue weighted by molar-refractivity contribution is 0.0968. The van der Waals surface area contributed by atoms with E-state index in [1.54, 1.807) is 24.3 Å². The minimum atomic E-state index is -1.15. The smallest absolute Gasteiger partial charge is 0.194 e. The van der Waals surface area contributed by atoms with Crippen LogP contribution in [0, 0.1) is 0 Å². The zero-order chi connectivity index (χ0) is 21.3. The number of benzene rings is 2. The molecule has 1 unspecified atom stereocenters. The number of ketones is 2. The Labute approximate surface area is 175 Å². The van der Waals surface area contributed by atoms with Gasteiger partial charge in [0.15, 0.2) is 11.6 Å². The molecular formula is C26H22O4. The molecule has 2 N–H and O–H groups in total. The highest BCUT2D eigenvalue weighted by Crippen LogP contribution is 2.40. The SMILES string of the molecule is CCC(=Cc1ccccc1)CC1=C2C(=O)c3ccccc3C(=O)C2=CC(O)C1=CO. The number of carbonyl (C=O) groups excluding carboxylic acids is 2. The maximum absolute atomic E-state index is 13.3. The second kappa shape index (κ2) is 8.09. The predicted molar refractivity (Wildman–Crippen MR) is 116 cm³/mol. The van der Waals surface area contributed by atoms with E-state index in [2.05, 4.69) is 0 Å². The molecule has 30 heavy (non-hydrogen) atoms. The van der Waals surface area contributed by atoms with Crippen molar-refractivity contribution < 1.29 is 19.8 Å². The van der Waals surface area contributed by atoms with Gasteiger partial charge in [-0.05, 0) is 30.1 Å². The molecule has 4 rings (SSSR count). The van der Waals surface area contributed by atoms with Crippen molar-refractivity contribution in [3.8, 4) is 0 Å². The molecule has 0 aromatic heterocycles. The molecule has 0 heterocycles. The van der Waals surface area contributed by atoms with Gasteiger partial charge in [-0.15, -0.1) is 0 Å². The van der Waals surface area contributed by atoms with E-state index in [0.29, 0.717) is 23.1 Å². The lowest BCUT2D eigenvalue weighted by Crippen LogP contribution is -2.30. The summed E-state index contributed by atoms with van der Waals surface area (Å²) in [5.74, 6) is -0.535. The van der Waals surface area contributed by atoms with E-state index in [-0.39, 0.29) is 28.3 Å². The van der Waals surface area contributed by atoms with Crippen molar-refractivity contribution in [1.29, 1.82) is 0 Å². The zero-order valence-electron chi connectivity index (χ0n) is 16.6. The number of fused-ring (bicyclic) bond motifs is 2. The quantitative estimate of drug-likeness (QED) is 0.712. The third kappa shape index (κ3) is 3.36. The van der Waals surface area contributed by atoms with Gasteiger partial charge in [0.2, 0.25) is 0 Å². The highest BCUT2D eigenvalue weighted by atomic mass is 16.3. The average Bonchev–Trinajstić information content (AvgIpc) is 2.77. The van der Waals surface area contributed by atoms with Gasteiger partial charge in [-0.25, -0.2) is 0 Å². The molecule has 1 atom stereocenters. The number of carbonyl (C=O) groups is 2. The van der Waals surface area contributed by atoms with Gasteiger partial charge in [0, 0.05) is 27.8 Å². The van der Waals surface area contributed by atoms with E-state index >= 15 is 0 Å². The van der Waals surface area contributed by atoms with Crippen LogP contribution in [-0.2, 0) is 0 Å². The number of allylic oxidation sites excluding steroid dienone is 3. The molecule has 0 amide bonds. The van der Waals surface area contributed by atoms with Gasteiger partial charge in [0.1, 0.15) is 6.10 Å². The van der Waals surface area contributed by atoms with Crippen LogP contribution in [0.3, 0.4) is 0 Å². The molecule has 2 aliphatic rings. The van der Waals surface area contributed by atoms with E-state index < -0.39 is 6.10 Å². The van der Waals surface area contributed by atoms with Gasteiger partial charge < -0.3 is 10.2 Å². The fraction of sp³-hybridized carbons (Fsp3) is 0.154. The van der Waals surface area contributed by atoms with Crippen LogP contribution in [0.5, 0.6) is 0 Å².